The summed E-state index contributed by atoms with van der Waals surface area (Å²) in [5.74, 6) is -4.05. The van der Waals surface area contributed by atoms with E-state index in [1.807, 2.05) is 0 Å². The molecule has 1 atom stereocenters. The highest BCUT2D eigenvalue weighted by Crippen LogP contribution is 2.23. The molecule has 17 heavy (non-hydrogen) atoms. The Hall–Kier alpha value is -1.43. The van der Waals surface area contributed by atoms with Crippen molar-refractivity contribution in [2.45, 2.75) is 12.5 Å². The lowest BCUT2D eigenvalue weighted by Gasteiger charge is -2.23. The molecule has 0 radical (unpaired) electrons. The van der Waals surface area contributed by atoms with Gasteiger partial charge in [0.2, 0.25) is 0 Å². The van der Waals surface area contributed by atoms with Crippen LogP contribution in [0.5, 0.6) is 0 Å². The van der Waals surface area contributed by atoms with Gasteiger partial charge < -0.3 is 10.1 Å². The van der Waals surface area contributed by atoms with Crippen molar-refractivity contribution in [1.82, 2.24) is 5.32 Å². The van der Waals surface area contributed by atoms with E-state index in [0.717, 1.165) is 12.1 Å². The molecule has 0 aliphatic carbocycles. The van der Waals surface area contributed by atoms with Gasteiger partial charge in [-0.3, -0.25) is 0 Å². The first kappa shape index (κ1) is 13.6. The van der Waals surface area contributed by atoms with Gasteiger partial charge in [0, 0.05) is 6.42 Å². The summed E-state index contributed by atoms with van der Waals surface area (Å²) in [4.78, 5) is 10.9. The van der Waals surface area contributed by atoms with E-state index in [0.29, 0.717) is 6.42 Å². The van der Waals surface area contributed by atoms with Gasteiger partial charge in [-0.15, -0.1) is 12.4 Å². The summed E-state index contributed by atoms with van der Waals surface area (Å²) in [6.07, 6.45) is -0.266. The third-order valence-electron chi connectivity index (χ3n) is 2.34. The van der Waals surface area contributed by atoms with Crippen LogP contribution in [0.1, 0.15) is 18.0 Å². The number of amides is 1. The van der Waals surface area contributed by atoms with E-state index < -0.39 is 29.6 Å². The first-order valence-corrected chi connectivity index (χ1v) is 4.65. The van der Waals surface area contributed by atoms with Gasteiger partial charge in [-0.2, -0.15) is 0 Å². The van der Waals surface area contributed by atoms with Crippen LogP contribution in [0.4, 0.5) is 18.0 Å². The minimum Gasteiger partial charge on any atom is -0.449 e. The Labute approximate surface area is 101 Å². The molecule has 1 aliphatic rings. The average molecular weight is 268 g/mol. The molecule has 0 saturated carbocycles. The van der Waals surface area contributed by atoms with Crippen molar-refractivity contribution < 1.29 is 22.7 Å². The topological polar surface area (TPSA) is 38.3 Å². The third-order valence-corrected chi connectivity index (χ3v) is 2.34. The van der Waals surface area contributed by atoms with Crippen molar-refractivity contribution in [2.75, 3.05) is 6.61 Å². The first-order chi connectivity index (χ1) is 7.58. The zero-order valence-electron chi connectivity index (χ0n) is 8.50. The van der Waals surface area contributed by atoms with Crippen molar-refractivity contribution in [3.8, 4) is 0 Å². The highest BCUT2D eigenvalue weighted by molar-refractivity contribution is 5.85. The minimum absolute atomic E-state index is 0. The fourth-order valence-corrected chi connectivity index (χ4v) is 1.55. The fourth-order valence-electron chi connectivity index (χ4n) is 1.55. The predicted octanol–water partition coefficient (Wildman–Crippen LogP) is 2.70. The van der Waals surface area contributed by atoms with Gasteiger partial charge in [0.05, 0.1) is 12.6 Å². The van der Waals surface area contributed by atoms with Crippen LogP contribution < -0.4 is 5.32 Å². The Morgan fingerprint density at radius 3 is 2.35 bits per heavy atom. The molecule has 0 bridgehead atoms. The highest BCUT2D eigenvalue weighted by atomic mass is 35.5. The molecular formula is C10H9ClF3NO2. The Morgan fingerprint density at radius 2 is 1.82 bits per heavy atom. The zero-order valence-corrected chi connectivity index (χ0v) is 9.32. The van der Waals surface area contributed by atoms with Crippen molar-refractivity contribution >= 4 is 18.5 Å². The lowest BCUT2D eigenvalue weighted by molar-refractivity contribution is 0.115. The average Bonchev–Trinajstić information content (AvgIpc) is 2.25. The van der Waals surface area contributed by atoms with Gasteiger partial charge in [0.25, 0.3) is 0 Å². The quantitative estimate of drug-likeness (QED) is 0.795. The first-order valence-electron chi connectivity index (χ1n) is 4.65. The number of hydrogen-bond acceptors (Lipinski definition) is 2. The number of ether oxygens (including phenoxy) is 1. The monoisotopic (exact) mass is 267 g/mol. The van der Waals surface area contributed by atoms with Crippen LogP contribution in [0.2, 0.25) is 0 Å². The lowest BCUT2D eigenvalue weighted by atomic mass is 10.0. The molecule has 1 aromatic rings. The Balaban J connectivity index is 0.00000144. The summed E-state index contributed by atoms with van der Waals surface area (Å²) in [7, 11) is 0. The molecule has 7 heteroatoms. The number of cyclic esters (lactones) is 1. The summed E-state index contributed by atoms with van der Waals surface area (Å²) >= 11 is 0. The van der Waals surface area contributed by atoms with Gasteiger partial charge in [-0.1, -0.05) is 0 Å². The van der Waals surface area contributed by atoms with Crippen LogP contribution in [0, 0.1) is 17.5 Å². The molecule has 3 nitrogen and oxygen atoms in total. The second-order valence-corrected chi connectivity index (χ2v) is 3.42. The van der Waals surface area contributed by atoms with Crippen molar-refractivity contribution in [3.63, 3.8) is 0 Å². The Morgan fingerprint density at radius 1 is 1.24 bits per heavy atom. The molecule has 1 heterocycles. The van der Waals surface area contributed by atoms with Crippen LogP contribution in [0.15, 0.2) is 12.1 Å². The molecule has 1 amide bonds. The van der Waals surface area contributed by atoms with E-state index in [9.17, 15) is 18.0 Å². The highest BCUT2D eigenvalue weighted by Gasteiger charge is 2.23. The van der Waals surface area contributed by atoms with Crippen LogP contribution in [0.3, 0.4) is 0 Å². The molecule has 1 aliphatic heterocycles. The van der Waals surface area contributed by atoms with E-state index in [1.165, 1.54) is 0 Å². The van der Waals surface area contributed by atoms with Gasteiger partial charge in [0.15, 0.2) is 17.5 Å². The van der Waals surface area contributed by atoms with Gasteiger partial charge in [0.1, 0.15) is 0 Å². The number of benzene rings is 1. The second kappa shape index (κ2) is 5.27. The maximum Gasteiger partial charge on any atom is 0.407 e. The SMILES string of the molecule is Cl.O=C1N[C@@H](c2cc(F)c(F)c(F)c2)CCO1. The maximum absolute atomic E-state index is 12.9. The van der Waals surface area contributed by atoms with Crippen molar-refractivity contribution in [3.05, 3.63) is 35.1 Å². The molecule has 0 spiro atoms. The number of rotatable bonds is 1. The van der Waals surface area contributed by atoms with E-state index >= 15 is 0 Å². The number of carbonyl (C=O) groups excluding carboxylic acids is 1. The third kappa shape index (κ3) is 2.82. The Bertz CT molecular complexity index is 419. The summed E-state index contributed by atoms with van der Waals surface area (Å²) in [5, 5.41) is 2.39. The summed E-state index contributed by atoms with van der Waals surface area (Å²) in [6, 6.07) is 1.19. The molecule has 94 valence electrons. The molecule has 1 saturated heterocycles. The van der Waals surface area contributed by atoms with Crippen LogP contribution in [-0.4, -0.2) is 12.7 Å². The number of hydrogen-bond donors (Lipinski definition) is 1. The predicted molar refractivity (Wildman–Crippen MR) is 55.4 cm³/mol. The smallest absolute Gasteiger partial charge is 0.407 e. The number of nitrogens with one attached hydrogen (secondary N) is 1. The summed E-state index contributed by atoms with van der Waals surface area (Å²) in [5.41, 5.74) is 0.188. The number of alkyl carbamates (subject to hydrolysis) is 1. The minimum atomic E-state index is -1.51. The number of carbonyl (C=O) groups is 1. The van der Waals surface area contributed by atoms with E-state index in [1.54, 1.807) is 0 Å². The lowest BCUT2D eigenvalue weighted by Crippen LogP contribution is -2.35. The fraction of sp³-hybridized carbons (Fsp3) is 0.300. The van der Waals surface area contributed by atoms with Gasteiger partial charge >= 0.3 is 6.09 Å². The van der Waals surface area contributed by atoms with E-state index in [-0.39, 0.29) is 24.6 Å². The Kier molecular flexibility index (Phi) is 4.22. The van der Waals surface area contributed by atoms with E-state index in [2.05, 4.69) is 10.1 Å². The summed E-state index contributed by atoms with van der Waals surface area (Å²) < 4.78 is 43.2. The van der Waals surface area contributed by atoms with Crippen LogP contribution in [0.25, 0.3) is 0 Å². The van der Waals surface area contributed by atoms with Crippen molar-refractivity contribution in [1.29, 1.82) is 0 Å². The molecule has 1 N–H and O–H groups in total. The van der Waals surface area contributed by atoms with Crippen LogP contribution in [-0.2, 0) is 4.74 Å². The van der Waals surface area contributed by atoms with Gasteiger partial charge in [-0.25, -0.2) is 18.0 Å². The standard InChI is InChI=1S/C10H8F3NO2.ClH/c11-6-3-5(4-7(12)9(6)13)8-1-2-16-10(15)14-8;/h3-4,8H,1-2H2,(H,14,15);1H/t8-;/m1./s1. The van der Waals surface area contributed by atoms with Crippen LogP contribution >= 0.6 is 12.4 Å². The zero-order chi connectivity index (χ0) is 11.7. The second-order valence-electron chi connectivity index (χ2n) is 3.42. The maximum atomic E-state index is 12.9. The normalized spacial score (nSPS) is 19.0. The number of halogens is 4. The molecule has 1 fully saturated rings. The van der Waals surface area contributed by atoms with Crippen molar-refractivity contribution in [2.24, 2.45) is 0 Å². The molecule has 2 rings (SSSR count). The molecule has 0 unspecified atom stereocenters. The molecule has 0 aromatic heterocycles. The van der Waals surface area contributed by atoms with Gasteiger partial charge in [-0.05, 0) is 17.7 Å². The molecule has 1 aromatic carbocycles. The molecular weight excluding hydrogens is 259 g/mol. The summed E-state index contributed by atoms with van der Waals surface area (Å²) in [6.45, 7) is 0.164. The largest absolute Gasteiger partial charge is 0.449 e. The van der Waals surface area contributed by atoms with E-state index in [4.69, 9.17) is 0 Å².